The largest absolute Gasteiger partial charge is 0.339 e. The van der Waals surface area contributed by atoms with Crippen molar-refractivity contribution in [3.05, 3.63) is 23.1 Å². The molecule has 0 unspecified atom stereocenters. The first-order chi connectivity index (χ1) is 12.7. The molecule has 6 heteroatoms. The fraction of sp³-hybridized carbons (Fsp3) is 0.762. The van der Waals surface area contributed by atoms with Gasteiger partial charge >= 0.3 is 0 Å². The van der Waals surface area contributed by atoms with E-state index in [4.69, 9.17) is 9.51 Å². The fourth-order valence-electron chi connectivity index (χ4n) is 5.00. The quantitative estimate of drug-likeness (QED) is 0.636. The number of thioether (sulfide) groups is 1. The first kappa shape index (κ1) is 19.0. The zero-order valence-corrected chi connectivity index (χ0v) is 18.3. The molecule has 2 bridgehead atoms. The van der Waals surface area contributed by atoms with Gasteiger partial charge in [0.15, 0.2) is 11.0 Å². The van der Waals surface area contributed by atoms with E-state index in [1.54, 1.807) is 11.8 Å². The molecule has 27 heavy (non-hydrogen) atoms. The molecule has 2 saturated carbocycles. The Morgan fingerprint density at radius 3 is 2.56 bits per heavy atom. The second-order valence-corrected chi connectivity index (χ2v) is 10.5. The molecule has 2 heterocycles. The Kier molecular flexibility index (Phi) is 4.90. The Morgan fingerprint density at radius 2 is 1.96 bits per heavy atom. The second-order valence-electron chi connectivity index (χ2n) is 9.57. The minimum absolute atomic E-state index is 0.113. The lowest BCUT2D eigenvalue weighted by Crippen LogP contribution is -2.23. The average Bonchev–Trinajstić information content (AvgIpc) is 3.36. The third kappa shape index (κ3) is 3.57. The summed E-state index contributed by atoms with van der Waals surface area (Å²) >= 11 is 1.73. The number of fused-ring (bicyclic) bond motifs is 2. The summed E-state index contributed by atoms with van der Waals surface area (Å²) in [4.78, 5) is 9.45. The number of aromatic nitrogens is 4. The molecule has 2 aliphatic carbocycles. The van der Waals surface area contributed by atoms with Gasteiger partial charge in [-0.25, -0.2) is 4.98 Å². The molecule has 2 aromatic rings. The van der Waals surface area contributed by atoms with Crippen LogP contribution in [-0.4, -0.2) is 19.7 Å². The van der Waals surface area contributed by atoms with Gasteiger partial charge in [-0.2, -0.15) is 4.98 Å². The minimum atomic E-state index is -0.113. The SMILES string of the molecule is Cc1nc(SCc2noc(C(C)(C)C)n2)n([C@@H](C)[C@H]2C[C@H]3CC[C@H]2C3)c1C. The Hall–Kier alpha value is -1.30. The number of rotatable bonds is 5. The molecule has 0 aliphatic heterocycles. The highest BCUT2D eigenvalue weighted by Crippen LogP contribution is 2.52. The van der Waals surface area contributed by atoms with Crippen molar-refractivity contribution >= 4 is 11.8 Å². The highest BCUT2D eigenvalue weighted by atomic mass is 32.2. The lowest BCUT2D eigenvalue weighted by Gasteiger charge is -2.30. The zero-order chi connectivity index (χ0) is 19.3. The van der Waals surface area contributed by atoms with E-state index >= 15 is 0 Å². The van der Waals surface area contributed by atoms with Crippen molar-refractivity contribution in [1.29, 1.82) is 0 Å². The average molecular weight is 389 g/mol. The van der Waals surface area contributed by atoms with Gasteiger partial charge in [0.25, 0.3) is 0 Å². The number of hydrogen-bond acceptors (Lipinski definition) is 5. The lowest BCUT2D eigenvalue weighted by atomic mass is 9.84. The van der Waals surface area contributed by atoms with E-state index < -0.39 is 0 Å². The van der Waals surface area contributed by atoms with Crippen LogP contribution >= 0.6 is 11.8 Å². The van der Waals surface area contributed by atoms with E-state index in [0.717, 1.165) is 34.4 Å². The first-order valence-corrected chi connectivity index (χ1v) is 11.2. The summed E-state index contributed by atoms with van der Waals surface area (Å²) in [7, 11) is 0. The van der Waals surface area contributed by atoms with Crippen molar-refractivity contribution < 1.29 is 4.52 Å². The van der Waals surface area contributed by atoms with Crippen molar-refractivity contribution in [2.45, 2.75) is 89.6 Å². The Morgan fingerprint density at radius 1 is 1.19 bits per heavy atom. The molecular formula is C21H32N4OS. The number of nitrogens with zero attached hydrogens (tertiary/aromatic N) is 4. The van der Waals surface area contributed by atoms with Crippen molar-refractivity contribution in [2.75, 3.05) is 0 Å². The molecular weight excluding hydrogens is 356 g/mol. The van der Waals surface area contributed by atoms with Crippen LogP contribution in [0.15, 0.2) is 9.68 Å². The molecule has 2 fully saturated rings. The van der Waals surface area contributed by atoms with Gasteiger partial charge in [0.2, 0.25) is 5.89 Å². The lowest BCUT2D eigenvalue weighted by molar-refractivity contribution is 0.232. The summed E-state index contributed by atoms with van der Waals surface area (Å²) in [5.74, 6) is 4.83. The number of imidazole rings is 1. The molecule has 0 N–H and O–H groups in total. The van der Waals surface area contributed by atoms with Crippen molar-refractivity contribution in [2.24, 2.45) is 17.8 Å². The van der Waals surface area contributed by atoms with Gasteiger partial charge in [-0.05, 0) is 57.8 Å². The van der Waals surface area contributed by atoms with Crippen LogP contribution in [0.1, 0.15) is 82.5 Å². The molecule has 4 rings (SSSR count). The van der Waals surface area contributed by atoms with Crippen molar-refractivity contribution in [1.82, 2.24) is 19.7 Å². The normalized spacial score (nSPS) is 26.1. The van der Waals surface area contributed by atoms with Gasteiger partial charge in [0, 0.05) is 17.2 Å². The maximum atomic E-state index is 5.44. The summed E-state index contributed by atoms with van der Waals surface area (Å²) < 4.78 is 7.92. The van der Waals surface area contributed by atoms with Gasteiger partial charge in [0.05, 0.1) is 11.4 Å². The van der Waals surface area contributed by atoms with E-state index in [0.29, 0.717) is 17.7 Å². The van der Waals surface area contributed by atoms with Crippen molar-refractivity contribution in [3.63, 3.8) is 0 Å². The van der Waals surface area contributed by atoms with Gasteiger partial charge < -0.3 is 9.09 Å². The molecule has 0 amide bonds. The summed E-state index contributed by atoms with van der Waals surface area (Å²) in [5.41, 5.74) is 2.32. The minimum Gasteiger partial charge on any atom is -0.339 e. The molecule has 2 aromatic heterocycles. The predicted molar refractivity (Wildman–Crippen MR) is 108 cm³/mol. The standard InChI is InChI=1S/C21H32N4OS/c1-12-13(2)25(14(3)17-10-15-7-8-16(17)9-15)20(22-12)27-11-18-23-19(26-24-18)21(4,5)6/h14-17H,7-11H2,1-6H3/t14-,15-,16-,17+/m0/s1. The molecule has 148 valence electrons. The van der Waals surface area contributed by atoms with E-state index in [1.165, 1.54) is 31.4 Å². The molecule has 5 nitrogen and oxygen atoms in total. The van der Waals surface area contributed by atoms with Crippen LogP contribution in [0.5, 0.6) is 0 Å². The van der Waals surface area contributed by atoms with Crippen LogP contribution < -0.4 is 0 Å². The zero-order valence-electron chi connectivity index (χ0n) is 17.5. The fourth-order valence-corrected chi connectivity index (χ4v) is 6.02. The molecule has 0 radical (unpaired) electrons. The second kappa shape index (κ2) is 6.94. The van der Waals surface area contributed by atoms with E-state index in [9.17, 15) is 0 Å². The van der Waals surface area contributed by atoms with Gasteiger partial charge in [-0.3, -0.25) is 0 Å². The van der Waals surface area contributed by atoms with E-state index in [1.807, 2.05) is 0 Å². The first-order valence-electron chi connectivity index (χ1n) is 10.3. The number of aryl methyl sites for hydroxylation is 1. The molecule has 0 saturated heterocycles. The molecule has 2 aliphatic rings. The Bertz CT molecular complexity index is 819. The van der Waals surface area contributed by atoms with Crippen LogP contribution in [-0.2, 0) is 11.2 Å². The van der Waals surface area contributed by atoms with Crippen LogP contribution in [0.4, 0.5) is 0 Å². The maximum Gasteiger partial charge on any atom is 0.232 e. The Balaban J connectivity index is 1.51. The third-order valence-corrected chi connectivity index (χ3v) is 7.56. The van der Waals surface area contributed by atoms with Crippen LogP contribution in [0.2, 0.25) is 0 Å². The van der Waals surface area contributed by atoms with Gasteiger partial charge in [-0.1, -0.05) is 44.1 Å². The predicted octanol–water partition coefficient (Wildman–Crippen LogP) is 5.47. The summed E-state index contributed by atoms with van der Waals surface area (Å²) in [6.07, 6.45) is 5.72. The van der Waals surface area contributed by atoms with Crippen LogP contribution in [0, 0.1) is 31.6 Å². The maximum absolute atomic E-state index is 5.44. The third-order valence-electron chi connectivity index (χ3n) is 6.61. The topological polar surface area (TPSA) is 56.7 Å². The van der Waals surface area contributed by atoms with Gasteiger partial charge in [0.1, 0.15) is 0 Å². The van der Waals surface area contributed by atoms with Crippen LogP contribution in [0.3, 0.4) is 0 Å². The number of hydrogen-bond donors (Lipinski definition) is 0. The highest BCUT2D eigenvalue weighted by Gasteiger charge is 2.43. The summed E-state index contributed by atoms with van der Waals surface area (Å²) in [6, 6.07) is 0.513. The van der Waals surface area contributed by atoms with Gasteiger partial charge in [-0.15, -0.1) is 0 Å². The molecule has 0 spiro atoms. The molecule has 0 aromatic carbocycles. The monoisotopic (exact) mass is 388 g/mol. The van der Waals surface area contributed by atoms with Crippen LogP contribution in [0.25, 0.3) is 0 Å². The van der Waals surface area contributed by atoms with Crippen molar-refractivity contribution in [3.8, 4) is 0 Å². The van der Waals surface area contributed by atoms with E-state index in [2.05, 4.69) is 56.3 Å². The van der Waals surface area contributed by atoms with E-state index in [-0.39, 0.29) is 5.41 Å². The smallest absolute Gasteiger partial charge is 0.232 e. The Labute approximate surface area is 166 Å². The molecule has 4 atom stereocenters. The summed E-state index contributed by atoms with van der Waals surface area (Å²) in [5, 5.41) is 5.27. The highest BCUT2D eigenvalue weighted by molar-refractivity contribution is 7.98. The summed E-state index contributed by atoms with van der Waals surface area (Å²) in [6.45, 7) is 13.0.